The second-order valence-corrected chi connectivity index (χ2v) is 8.10. The van der Waals surface area contributed by atoms with Crippen LogP contribution in [0.5, 0.6) is 0 Å². The number of carbonyl (C=O) groups excluding carboxylic acids is 2. The number of hydrogen-bond donors (Lipinski definition) is 1. The van der Waals surface area contributed by atoms with Crippen LogP contribution in [-0.4, -0.2) is 29.5 Å². The van der Waals surface area contributed by atoms with Crippen molar-refractivity contribution < 1.29 is 9.59 Å². The number of carbonyl (C=O) groups is 2. The van der Waals surface area contributed by atoms with Gasteiger partial charge >= 0.3 is 0 Å². The lowest BCUT2D eigenvalue weighted by atomic mass is 9.72. The minimum absolute atomic E-state index is 0.0937. The number of nitriles is 2. The summed E-state index contributed by atoms with van der Waals surface area (Å²) >= 11 is 1.12. The summed E-state index contributed by atoms with van der Waals surface area (Å²) < 4.78 is 0. The minimum Gasteiger partial charge on any atom is -0.341 e. The normalized spacial score (nSPS) is 18.3. The van der Waals surface area contributed by atoms with Crippen molar-refractivity contribution in [3.05, 3.63) is 46.0 Å². The third-order valence-corrected chi connectivity index (χ3v) is 5.63. The molecule has 1 aliphatic heterocycles. The van der Waals surface area contributed by atoms with Crippen molar-refractivity contribution in [1.29, 1.82) is 10.5 Å². The number of amides is 2. The van der Waals surface area contributed by atoms with Crippen LogP contribution in [0, 0.1) is 40.9 Å². The Labute approximate surface area is 163 Å². The van der Waals surface area contributed by atoms with E-state index in [2.05, 4.69) is 11.4 Å². The predicted octanol–water partition coefficient (Wildman–Crippen LogP) is 2.72. The Bertz CT molecular complexity index is 859. The molecule has 0 bridgehead atoms. The molecule has 1 aromatic rings. The second kappa shape index (κ2) is 8.28. The van der Waals surface area contributed by atoms with Gasteiger partial charge in [0.2, 0.25) is 11.8 Å². The Hall–Kier alpha value is -2.77. The van der Waals surface area contributed by atoms with Gasteiger partial charge in [-0.25, -0.2) is 0 Å². The molecule has 0 saturated carbocycles. The highest BCUT2D eigenvalue weighted by molar-refractivity contribution is 8.03. The van der Waals surface area contributed by atoms with Crippen LogP contribution >= 0.6 is 11.8 Å². The van der Waals surface area contributed by atoms with Crippen LogP contribution in [0.2, 0.25) is 0 Å². The molecular formula is C20H22N4O2S. The van der Waals surface area contributed by atoms with Gasteiger partial charge in [0.15, 0.2) is 0 Å². The van der Waals surface area contributed by atoms with Gasteiger partial charge in [-0.15, -0.1) is 0 Å². The van der Waals surface area contributed by atoms with Crippen molar-refractivity contribution >= 4 is 23.6 Å². The number of benzene rings is 1. The summed E-state index contributed by atoms with van der Waals surface area (Å²) in [6.07, 6.45) is 0. The van der Waals surface area contributed by atoms with Gasteiger partial charge < -0.3 is 10.2 Å². The van der Waals surface area contributed by atoms with E-state index in [0.717, 1.165) is 22.9 Å². The molecule has 1 heterocycles. The Kier molecular flexibility index (Phi) is 6.30. The van der Waals surface area contributed by atoms with Gasteiger partial charge in [-0.2, -0.15) is 10.5 Å². The molecule has 140 valence electrons. The molecule has 1 aromatic carbocycles. The summed E-state index contributed by atoms with van der Waals surface area (Å²) in [5.41, 5.74) is 1.62. The van der Waals surface area contributed by atoms with Crippen molar-refractivity contribution in [2.75, 3.05) is 12.8 Å². The molecule has 7 heteroatoms. The van der Waals surface area contributed by atoms with E-state index in [1.807, 2.05) is 37.3 Å². The van der Waals surface area contributed by atoms with Crippen LogP contribution in [0.25, 0.3) is 0 Å². The first-order valence-electron chi connectivity index (χ1n) is 8.48. The van der Waals surface area contributed by atoms with Gasteiger partial charge in [0.25, 0.3) is 0 Å². The van der Waals surface area contributed by atoms with Crippen molar-refractivity contribution in [3.63, 3.8) is 0 Å². The molecule has 0 radical (unpaired) electrons. The first kappa shape index (κ1) is 20.5. The first-order chi connectivity index (χ1) is 12.7. The van der Waals surface area contributed by atoms with Crippen molar-refractivity contribution in [1.82, 2.24) is 10.2 Å². The van der Waals surface area contributed by atoms with Gasteiger partial charge in [-0.3, -0.25) is 9.59 Å². The van der Waals surface area contributed by atoms with Crippen molar-refractivity contribution in [3.8, 4) is 12.1 Å². The summed E-state index contributed by atoms with van der Waals surface area (Å²) in [4.78, 5) is 26.2. The van der Waals surface area contributed by atoms with Gasteiger partial charge in [-0.1, -0.05) is 55.4 Å². The second-order valence-electron chi connectivity index (χ2n) is 7.11. The van der Waals surface area contributed by atoms with Crippen LogP contribution in [0.4, 0.5) is 0 Å². The molecule has 0 aromatic heterocycles. The molecule has 1 N–H and O–H groups in total. The van der Waals surface area contributed by atoms with E-state index >= 15 is 0 Å². The summed E-state index contributed by atoms with van der Waals surface area (Å²) in [7, 11) is 1.72. The molecule has 6 nitrogen and oxygen atoms in total. The maximum atomic E-state index is 12.4. The largest absolute Gasteiger partial charge is 0.341 e. The number of rotatable bonds is 5. The monoisotopic (exact) mass is 382 g/mol. The van der Waals surface area contributed by atoms with Gasteiger partial charge in [-0.05, 0) is 12.5 Å². The lowest BCUT2D eigenvalue weighted by molar-refractivity contribution is -0.128. The van der Waals surface area contributed by atoms with Crippen LogP contribution in [0.1, 0.15) is 25.0 Å². The highest BCUT2D eigenvalue weighted by atomic mass is 32.2. The van der Waals surface area contributed by atoms with Crippen LogP contribution < -0.4 is 5.32 Å². The molecule has 0 fully saturated rings. The zero-order valence-corrected chi connectivity index (χ0v) is 16.7. The number of aryl methyl sites for hydroxylation is 1. The fourth-order valence-corrected chi connectivity index (χ4v) is 3.95. The topological polar surface area (TPSA) is 97.0 Å². The lowest BCUT2D eigenvalue weighted by Crippen LogP contribution is -2.44. The average molecular weight is 382 g/mol. The first-order valence-corrected chi connectivity index (χ1v) is 9.47. The molecule has 0 spiro atoms. The molecule has 27 heavy (non-hydrogen) atoms. The fraction of sp³-hybridized carbons (Fsp3) is 0.400. The predicted molar refractivity (Wildman–Crippen MR) is 104 cm³/mol. The van der Waals surface area contributed by atoms with Crippen LogP contribution in [-0.2, 0) is 16.1 Å². The zero-order chi connectivity index (χ0) is 20.2. The number of nitrogens with one attached hydrogen (secondary N) is 1. The summed E-state index contributed by atoms with van der Waals surface area (Å²) in [6.45, 7) is 5.89. The quantitative estimate of drug-likeness (QED) is 0.844. The summed E-state index contributed by atoms with van der Waals surface area (Å²) in [5.74, 6) is -1.39. The highest BCUT2D eigenvalue weighted by Crippen LogP contribution is 2.41. The minimum atomic E-state index is -0.934. The standard InChI is InChI=1S/C20H22N4O2S/c1-13-5-7-14(8-6-13)11-24(4)17(25)12-27-19-16(10-22)20(2,3)15(9-21)18(26)23-19/h5-8,15H,11-12H2,1-4H3,(H,23,26)/t15-/m1/s1. The van der Waals surface area contributed by atoms with E-state index in [-0.39, 0.29) is 11.7 Å². The maximum Gasteiger partial charge on any atom is 0.243 e. The van der Waals surface area contributed by atoms with Crippen molar-refractivity contribution in [2.24, 2.45) is 11.3 Å². The van der Waals surface area contributed by atoms with E-state index in [9.17, 15) is 20.1 Å². The number of allylic oxidation sites excluding steroid dienone is 1. The Morgan fingerprint density at radius 1 is 1.30 bits per heavy atom. The average Bonchev–Trinajstić information content (AvgIpc) is 2.61. The molecule has 1 atom stereocenters. The van der Waals surface area contributed by atoms with Crippen molar-refractivity contribution in [2.45, 2.75) is 27.3 Å². The lowest BCUT2D eigenvalue weighted by Gasteiger charge is -2.34. The molecule has 1 aliphatic rings. The van der Waals surface area contributed by atoms with Crippen LogP contribution in [0.15, 0.2) is 34.9 Å². The number of thioether (sulfide) groups is 1. The Morgan fingerprint density at radius 2 is 1.93 bits per heavy atom. The molecule has 0 aliphatic carbocycles. The number of hydrogen-bond acceptors (Lipinski definition) is 5. The van der Waals surface area contributed by atoms with E-state index in [1.165, 1.54) is 0 Å². The van der Waals surface area contributed by atoms with Gasteiger partial charge in [0, 0.05) is 19.0 Å². The smallest absolute Gasteiger partial charge is 0.243 e. The molecule has 0 saturated heterocycles. The van der Waals surface area contributed by atoms with E-state index in [0.29, 0.717) is 17.1 Å². The third kappa shape index (κ3) is 4.50. The molecule has 2 amide bonds. The molecule has 2 rings (SSSR count). The molecule has 0 unspecified atom stereocenters. The fourth-order valence-electron chi connectivity index (χ4n) is 2.83. The maximum absolute atomic E-state index is 12.4. The Morgan fingerprint density at radius 3 is 2.48 bits per heavy atom. The Balaban J connectivity index is 2.07. The van der Waals surface area contributed by atoms with E-state index in [1.54, 1.807) is 25.8 Å². The summed E-state index contributed by atoms with van der Waals surface area (Å²) in [5, 5.41) is 21.7. The van der Waals surface area contributed by atoms with E-state index < -0.39 is 17.2 Å². The van der Waals surface area contributed by atoms with Gasteiger partial charge in [0.05, 0.1) is 28.5 Å². The number of nitrogens with zero attached hydrogens (tertiary/aromatic N) is 3. The highest BCUT2D eigenvalue weighted by Gasteiger charge is 2.44. The third-order valence-electron chi connectivity index (χ3n) is 4.64. The van der Waals surface area contributed by atoms with Gasteiger partial charge in [0.1, 0.15) is 5.92 Å². The SMILES string of the molecule is Cc1ccc(CN(C)C(=O)CSC2=C(C#N)C(C)(C)[C@H](C#N)C(=O)N2)cc1. The van der Waals surface area contributed by atoms with Crippen LogP contribution in [0.3, 0.4) is 0 Å². The zero-order valence-electron chi connectivity index (χ0n) is 15.9. The molecular weight excluding hydrogens is 360 g/mol. The van der Waals surface area contributed by atoms with E-state index in [4.69, 9.17) is 0 Å². The summed E-state index contributed by atoms with van der Waals surface area (Å²) in [6, 6.07) is 12.0.